The van der Waals surface area contributed by atoms with Crippen molar-refractivity contribution in [1.29, 1.82) is 0 Å². The highest BCUT2D eigenvalue weighted by Gasteiger charge is 2.13. The number of imidazole rings is 1. The molecule has 1 aliphatic heterocycles. The van der Waals surface area contributed by atoms with Gasteiger partial charge >= 0.3 is 0 Å². The van der Waals surface area contributed by atoms with Gasteiger partial charge in [0.25, 0.3) is 0 Å². The van der Waals surface area contributed by atoms with Crippen LogP contribution in [0.3, 0.4) is 0 Å². The van der Waals surface area contributed by atoms with E-state index in [1.807, 2.05) is 19.4 Å². The van der Waals surface area contributed by atoms with Crippen LogP contribution >= 0.6 is 0 Å². The number of hydrogen-bond donors (Lipinski definition) is 1. The Kier molecular flexibility index (Phi) is 3.25. The standard InChI is InChI=1S/C15H20N4/c1-12(16)15-10-17-11-19(15)14-6-4-13(5-7-14)18-8-2-3-9-18/h4-7,10-12H,2-3,8-9,16H2,1H3. The maximum Gasteiger partial charge on any atom is 0.0994 e. The zero-order valence-corrected chi connectivity index (χ0v) is 11.3. The third-order valence-electron chi connectivity index (χ3n) is 3.73. The van der Waals surface area contributed by atoms with Crippen LogP contribution in [0, 0.1) is 0 Å². The summed E-state index contributed by atoms with van der Waals surface area (Å²) in [5.41, 5.74) is 9.42. The second-order valence-corrected chi connectivity index (χ2v) is 5.19. The SMILES string of the molecule is CC(N)c1cncn1-c1ccc(N2CCCC2)cc1. The molecule has 1 aromatic carbocycles. The van der Waals surface area contributed by atoms with E-state index in [1.54, 1.807) is 0 Å². The normalized spacial score (nSPS) is 16.8. The van der Waals surface area contributed by atoms with Crippen molar-refractivity contribution < 1.29 is 0 Å². The second-order valence-electron chi connectivity index (χ2n) is 5.19. The predicted octanol–water partition coefficient (Wildman–Crippen LogP) is 2.49. The molecule has 0 radical (unpaired) electrons. The van der Waals surface area contributed by atoms with Gasteiger partial charge in [-0.15, -0.1) is 0 Å². The summed E-state index contributed by atoms with van der Waals surface area (Å²) < 4.78 is 2.05. The molecule has 0 bridgehead atoms. The monoisotopic (exact) mass is 256 g/mol. The van der Waals surface area contributed by atoms with Gasteiger partial charge in [0.2, 0.25) is 0 Å². The first-order chi connectivity index (χ1) is 9.25. The molecule has 0 aliphatic carbocycles. The van der Waals surface area contributed by atoms with Crippen molar-refractivity contribution >= 4 is 5.69 Å². The lowest BCUT2D eigenvalue weighted by Crippen LogP contribution is -2.17. The first-order valence-corrected chi connectivity index (χ1v) is 6.89. The number of nitrogens with two attached hydrogens (primary N) is 1. The van der Waals surface area contributed by atoms with E-state index in [-0.39, 0.29) is 6.04 Å². The minimum Gasteiger partial charge on any atom is -0.372 e. The Morgan fingerprint density at radius 2 is 1.74 bits per heavy atom. The Labute approximate surface area is 113 Å². The first kappa shape index (κ1) is 12.2. The lowest BCUT2D eigenvalue weighted by atomic mass is 10.2. The van der Waals surface area contributed by atoms with Crippen LogP contribution < -0.4 is 10.6 Å². The van der Waals surface area contributed by atoms with E-state index in [1.165, 1.54) is 31.6 Å². The molecule has 100 valence electrons. The van der Waals surface area contributed by atoms with Crippen molar-refractivity contribution in [2.24, 2.45) is 5.73 Å². The maximum atomic E-state index is 5.96. The molecule has 0 spiro atoms. The molecule has 4 heteroatoms. The lowest BCUT2D eigenvalue weighted by Gasteiger charge is -2.18. The number of rotatable bonds is 3. The second kappa shape index (κ2) is 5.05. The van der Waals surface area contributed by atoms with Crippen LogP contribution in [0.2, 0.25) is 0 Å². The zero-order valence-electron chi connectivity index (χ0n) is 11.3. The molecule has 0 amide bonds. The average Bonchev–Trinajstić information content (AvgIpc) is 3.10. The van der Waals surface area contributed by atoms with Crippen molar-refractivity contribution in [2.75, 3.05) is 18.0 Å². The number of anilines is 1. The molecule has 0 saturated carbocycles. The van der Waals surface area contributed by atoms with Crippen LogP contribution in [0.4, 0.5) is 5.69 Å². The summed E-state index contributed by atoms with van der Waals surface area (Å²) in [7, 11) is 0. The Balaban J connectivity index is 1.87. The van der Waals surface area contributed by atoms with Crippen LogP contribution in [-0.2, 0) is 0 Å². The van der Waals surface area contributed by atoms with Gasteiger partial charge in [0, 0.05) is 30.5 Å². The number of hydrogen-bond acceptors (Lipinski definition) is 3. The van der Waals surface area contributed by atoms with Gasteiger partial charge in [0.05, 0.1) is 18.2 Å². The summed E-state index contributed by atoms with van der Waals surface area (Å²) in [6, 6.07) is 8.64. The third-order valence-corrected chi connectivity index (χ3v) is 3.73. The van der Waals surface area contributed by atoms with Crippen LogP contribution in [-0.4, -0.2) is 22.6 Å². The fourth-order valence-electron chi connectivity index (χ4n) is 2.66. The van der Waals surface area contributed by atoms with Crippen LogP contribution in [0.5, 0.6) is 0 Å². The predicted molar refractivity (Wildman–Crippen MR) is 77.6 cm³/mol. The number of nitrogens with zero attached hydrogens (tertiary/aromatic N) is 3. The zero-order chi connectivity index (χ0) is 13.2. The summed E-state index contributed by atoms with van der Waals surface area (Å²) in [6.45, 7) is 4.33. The fraction of sp³-hybridized carbons (Fsp3) is 0.400. The summed E-state index contributed by atoms with van der Waals surface area (Å²) in [5, 5.41) is 0. The Bertz CT molecular complexity index is 536. The molecule has 1 fully saturated rings. The average molecular weight is 256 g/mol. The number of benzene rings is 1. The van der Waals surface area contributed by atoms with Gasteiger partial charge in [0.1, 0.15) is 0 Å². The van der Waals surface area contributed by atoms with Crippen molar-refractivity contribution in [3.63, 3.8) is 0 Å². The molecule has 2 heterocycles. The first-order valence-electron chi connectivity index (χ1n) is 6.89. The molecule has 2 N–H and O–H groups in total. The van der Waals surface area contributed by atoms with E-state index < -0.39 is 0 Å². The molecule has 4 nitrogen and oxygen atoms in total. The van der Waals surface area contributed by atoms with E-state index >= 15 is 0 Å². The molecular weight excluding hydrogens is 236 g/mol. The third kappa shape index (κ3) is 2.36. The van der Waals surface area contributed by atoms with Crippen molar-refractivity contribution in [3.8, 4) is 5.69 Å². The molecule has 19 heavy (non-hydrogen) atoms. The van der Waals surface area contributed by atoms with Gasteiger partial charge in [-0.2, -0.15) is 0 Å². The lowest BCUT2D eigenvalue weighted by molar-refractivity contribution is 0.752. The molecule has 1 aromatic heterocycles. The van der Waals surface area contributed by atoms with Gasteiger partial charge in [-0.3, -0.25) is 0 Å². The van der Waals surface area contributed by atoms with Gasteiger partial charge in [0.15, 0.2) is 0 Å². The molecular formula is C15H20N4. The Morgan fingerprint density at radius 3 is 2.37 bits per heavy atom. The summed E-state index contributed by atoms with van der Waals surface area (Å²) in [4.78, 5) is 6.63. The van der Waals surface area contributed by atoms with Gasteiger partial charge in [-0.25, -0.2) is 4.98 Å². The highest BCUT2D eigenvalue weighted by molar-refractivity contribution is 5.51. The van der Waals surface area contributed by atoms with Crippen molar-refractivity contribution in [2.45, 2.75) is 25.8 Å². The largest absolute Gasteiger partial charge is 0.372 e. The van der Waals surface area contributed by atoms with Crippen LogP contribution in [0.25, 0.3) is 5.69 Å². The van der Waals surface area contributed by atoms with Crippen molar-refractivity contribution in [3.05, 3.63) is 42.5 Å². The Hall–Kier alpha value is -1.81. The van der Waals surface area contributed by atoms with Crippen molar-refractivity contribution in [1.82, 2.24) is 9.55 Å². The number of aromatic nitrogens is 2. The van der Waals surface area contributed by atoms with E-state index in [0.29, 0.717) is 0 Å². The molecule has 2 aromatic rings. The van der Waals surface area contributed by atoms with Crippen LogP contribution in [0.15, 0.2) is 36.8 Å². The highest BCUT2D eigenvalue weighted by atomic mass is 15.1. The van der Waals surface area contributed by atoms with E-state index in [0.717, 1.165) is 11.4 Å². The van der Waals surface area contributed by atoms with Gasteiger partial charge < -0.3 is 15.2 Å². The molecule has 1 unspecified atom stereocenters. The van der Waals surface area contributed by atoms with E-state index in [4.69, 9.17) is 5.73 Å². The van der Waals surface area contributed by atoms with E-state index in [2.05, 4.69) is 38.7 Å². The van der Waals surface area contributed by atoms with Gasteiger partial charge in [-0.05, 0) is 44.0 Å². The summed E-state index contributed by atoms with van der Waals surface area (Å²) in [5.74, 6) is 0. The molecule has 1 aliphatic rings. The van der Waals surface area contributed by atoms with Crippen LogP contribution in [0.1, 0.15) is 31.5 Å². The minimum absolute atomic E-state index is 0.0132. The fourth-order valence-corrected chi connectivity index (χ4v) is 2.66. The molecule has 3 rings (SSSR count). The molecule has 1 saturated heterocycles. The topological polar surface area (TPSA) is 47.1 Å². The summed E-state index contributed by atoms with van der Waals surface area (Å²) in [6.07, 6.45) is 6.26. The van der Waals surface area contributed by atoms with Gasteiger partial charge in [-0.1, -0.05) is 0 Å². The maximum absolute atomic E-state index is 5.96. The quantitative estimate of drug-likeness (QED) is 0.917. The highest BCUT2D eigenvalue weighted by Crippen LogP contribution is 2.23. The minimum atomic E-state index is -0.0132. The van der Waals surface area contributed by atoms with E-state index in [9.17, 15) is 0 Å². The molecule has 1 atom stereocenters. The Morgan fingerprint density at radius 1 is 1.11 bits per heavy atom. The summed E-state index contributed by atoms with van der Waals surface area (Å²) >= 11 is 0. The smallest absolute Gasteiger partial charge is 0.0994 e.